The molecule has 0 unspecified atom stereocenters. The van der Waals surface area contributed by atoms with E-state index in [4.69, 9.17) is 9.97 Å². The number of imidazole rings is 1. The van der Waals surface area contributed by atoms with Gasteiger partial charge < -0.3 is 4.57 Å². The second kappa shape index (κ2) is 8.37. The summed E-state index contributed by atoms with van der Waals surface area (Å²) in [6.45, 7) is 0. The second-order valence-electron chi connectivity index (χ2n) is 10.2. The Bertz CT molecular complexity index is 2410. The summed E-state index contributed by atoms with van der Waals surface area (Å²) in [5.41, 5.74) is 8.08. The van der Waals surface area contributed by atoms with Gasteiger partial charge in [-0.05, 0) is 36.4 Å². The van der Waals surface area contributed by atoms with Crippen molar-refractivity contribution in [1.82, 2.24) is 28.7 Å². The van der Waals surface area contributed by atoms with Gasteiger partial charge >= 0.3 is 0 Å². The quantitative estimate of drug-likeness (QED) is 0.234. The zero-order valence-corrected chi connectivity index (χ0v) is 21.9. The number of rotatable bonds is 3. The molecule has 41 heavy (non-hydrogen) atoms. The molecule has 0 saturated carbocycles. The van der Waals surface area contributed by atoms with Crippen molar-refractivity contribution >= 4 is 54.8 Å². The largest absolute Gasteiger partial charge is 0.307 e. The minimum atomic E-state index is 0.597. The molecule has 0 aliphatic rings. The summed E-state index contributed by atoms with van der Waals surface area (Å²) in [5, 5.41) is 4.72. The SMILES string of the molecule is c1ccc(-n2cnc3nc(-n4c5ccccc5c5ccc6c7ccccc7n(-c7ccccc7)c6c54)ncc32)cc1. The van der Waals surface area contributed by atoms with Crippen LogP contribution in [0.4, 0.5) is 0 Å². The van der Waals surface area contributed by atoms with Gasteiger partial charge in [0.05, 0.1) is 28.3 Å². The molecule has 0 atom stereocenters. The Labute approximate surface area is 234 Å². The maximum absolute atomic E-state index is 5.04. The monoisotopic (exact) mass is 526 g/mol. The average Bonchev–Trinajstić information content (AvgIpc) is 3.71. The van der Waals surface area contributed by atoms with Gasteiger partial charge in [-0.2, -0.15) is 4.98 Å². The summed E-state index contributed by atoms with van der Waals surface area (Å²) in [6.07, 6.45) is 3.70. The van der Waals surface area contributed by atoms with Crippen LogP contribution in [0.15, 0.2) is 134 Å². The minimum Gasteiger partial charge on any atom is -0.307 e. The lowest BCUT2D eigenvalue weighted by Gasteiger charge is -2.11. The highest BCUT2D eigenvalue weighted by Crippen LogP contribution is 2.41. The summed E-state index contributed by atoms with van der Waals surface area (Å²) in [6, 6.07) is 42.3. The molecule has 0 spiro atoms. The van der Waals surface area contributed by atoms with Crippen LogP contribution in [0.25, 0.3) is 72.1 Å². The third kappa shape index (κ3) is 3.10. The fraction of sp³-hybridized carbons (Fsp3) is 0. The van der Waals surface area contributed by atoms with Crippen molar-refractivity contribution in [1.29, 1.82) is 0 Å². The van der Waals surface area contributed by atoms with Crippen molar-refractivity contribution in [2.45, 2.75) is 0 Å². The van der Waals surface area contributed by atoms with Crippen LogP contribution in [0.3, 0.4) is 0 Å². The molecule has 9 aromatic rings. The standard InChI is InChI=1S/C35H22N6/c1-3-11-23(12-4-1)39-22-37-34-31(39)21-36-35(38-34)41-30-18-10-8-16-26(30)28-20-19-27-25-15-7-9-17-29(25)40(32(27)33(28)41)24-13-5-2-6-14-24/h1-22H. The van der Waals surface area contributed by atoms with E-state index in [2.05, 4.69) is 117 Å². The Hall–Kier alpha value is -5.75. The summed E-state index contributed by atoms with van der Waals surface area (Å²) in [4.78, 5) is 14.7. The van der Waals surface area contributed by atoms with Gasteiger partial charge in [0.2, 0.25) is 5.95 Å². The van der Waals surface area contributed by atoms with Crippen LogP contribution in [0, 0.1) is 0 Å². The molecule has 0 saturated heterocycles. The van der Waals surface area contributed by atoms with E-state index in [1.807, 2.05) is 35.3 Å². The Morgan fingerprint density at radius 2 is 1.00 bits per heavy atom. The topological polar surface area (TPSA) is 53.5 Å². The van der Waals surface area contributed by atoms with E-state index in [1.165, 1.54) is 10.8 Å². The van der Waals surface area contributed by atoms with E-state index in [9.17, 15) is 0 Å². The Balaban J connectivity index is 1.43. The number of benzene rings is 5. The fourth-order valence-electron chi connectivity index (χ4n) is 6.25. The highest BCUT2D eigenvalue weighted by atomic mass is 15.2. The molecular formula is C35H22N6. The molecule has 6 nitrogen and oxygen atoms in total. The first-order chi connectivity index (χ1) is 20.4. The smallest absolute Gasteiger partial charge is 0.236 e. The van der Waals surface area contributed by atoms with E-state index in [0.717, 1.165) is 49.7 Å². The highest BCUT2D eigenvalue weighted by Gasteiger charge is 2.22. The van der Waals surface area contributed by atoms with Gasteiger partial charge in [0, 0.05) is 32.9 Å². The number of hydrogen-bond donors (Lipinski definition) is 0. The van der Waals surface area contributed by atoms with Gasteiger partial charge in [-0.15, -0.1) is 0 Å². The zero-order valence-electron chi connectivity index (χ0n) is 21.9. The molecule has 4 aromatic heterocycles. The van der Waals surface area contributed by atoms with Gasteiger partial charge in [-0.25, -0.2) is 9.97 Å². The summed E-state index contributed by atoms with van der Waals surface area (Å²) in [7, 11) is 0. The number of hydrogen-bond acceptors (Lipinski definition) is 3. The van der Waals surface area contributed by atoms with E-state index >= 15 is 0 Å². The average molecular weight is 527 g/mol. The van der Waals surface area contributed by atoms with Gasteiger partial charge in [-0.3, -0.25) is 9.13 Å². The lowest BCUT2D eigenvalue weighted by Crippen LogP contribution is -2.03. The zero-order chi connectivity index (χ0) is 26.9. The Morgan fingerprint density at radius 1 is 0.439 bits per heavy atom. The molecule has 0 amide bonds. The van der Waals surface area contributed by atoms with E-state index < -0.39 is 0 Å². The van der Waals surface area contributed by atoms with Crippen LogP contribution < -0.4 is 0 Å². The van der Waals surface area contributed by atoms with Gasteiger partial charge in [0.15, 0.2) is 5.65 Å². The molecule has 6 heteroatoms. The number of fused-ring (bicyclic) bond motifs is 8. The normalized spacial score (nSPS) is 11.9. The van der Waals surface area contributed by atoms with Crippen molar-refractivity contribution in [3.63, 3.8) is 0 Å². The first-order valence-electron chi connectivity index (χ1n) is 13.6. The predicted octanol–water partition coefficient (Wildman–Crippen LogP) is 8.01. The number of nitrogens with zero attached hydrogens (tertiary/aromatic N) is 6. The summed E-state index contributed by atoms with van der Waals surface area (Å²) < 4.78 is 6.59. The molecule has 9 rings (SSSR count). The molecule has 0 aliphatic carbocycles. The van der Waals surface area contributed by atoms with Crippen molar-refractivity contribution in [3.05, 3.63) is 134 Å². The first kappa shape index (κ1) is 22.1. The van der Waals surface area contributed by atoms with Gasteiger partial charge in [-0.1, -0.05) is 84.9 Å². The van der Waals surface area contributed by atoms with Gasteiger partial charge in [0.25, 0.3) is 0 Å². The van der Waals surface area contributed by atoms with Crippen LogP contribution >= 0.6 is 0 Å². The van der Waals surface area contributed by atoms with Crippen LogP contribution in [0.1, 0.15) is 0 Å². The number of para-hydroxylation sites is 4. The van der Waals surface area contributed by atoms with E-state index in [0.29, 0.717) is 11.6 Å². The maximum atomic E-state index is 5.04. The molecule has 192 valence electrons. The molecule has 0 fully saturated rings. The first-order valence-corrected chi connectivity index (χ1v) is 13.6. The number of aromatic nitrogens is 6. The van der Waals surface area contributed by atoms with Crippen LogP contribution in [0.5, 0.6) is 0 Å². The van der Waals surface area contributed by atoms with Crippen LogP contribution in [0.2, 0.25) is 0 Å². The van der Waals surface area contributed by atoms with Crippen molar-refractivity contribution in [2.24, 2.45) is 0 Å². The fourth-order valence-corrected chi connectivity index (χ4v) is 6.25. The molecule has 5 aromatic carbocycles. The Morgan fingerprint density at radius 3 is 1.68 bits per heavy atom. The summed E-state index contributed by atoms with van der Waals surface area (Å²) >= 11 is 0. The van der Waals surface area contributed by atoms with Crippen molar-refractivity contribution in [2.75, 3.05) is 0 Å². The molecule has 4 heterocycles. The molecule has 0 radical (unpaired) electrons. The van der Waals surface area contributed by atoms with Crippen LogP contribution in [-0.2, 0) is 0 Å². The third-order valence-electron chi connectivity index (χ3n) is 8.01. The van der Waals surface area contributed by atoms with E-state index in [1.54, 1.807) is 0 Å². The predicted molar refractivity (Wildman–Crippen MR) is 165 cm³/mol. The van der Waals surface area contributed by atoms with Crippen LogP contribution in [-0.4, -0.2) is 28.7 Å². The highest BCUT2D eigenvalue weighted by molar-refractivity contribution is 6.23. The second-order valence-corrected chi connectivity index (χ2v) is 10.2. The van der Waals surface area contributed by atoms with E-state index in [-0.39, 0.29) is 0 Å². The molecule has 0 N–H and O–H groups in total. The molecule has 0 bridgehead atoms. The lowest BCUT2D eigenvalue weighted by atomic mass is 10.1. The minimum absolute atomic E-state index is 0.597. The molecule has 0 aliphatic heterocycles. The molecular weight excluding hydrogens is 504 g/mol. The van der Waals surface area contributed by atoms with Crippen molar-refractivity contribution in [3.8, 4) is 17.3 Å². The Kier molecular flexibility index (Phi) is 4.51. The summed E-state index contributed by atoms with van der Waals surface area (Å²) in [5.74, 6) is 0.597. The lowest BCUT2D eigenvalue weighted by molar-refractivity contribution is 1.00. The maximum Gasteiger partial charge on any atom is 0.236 e. The van der Waals surface area contributed by atoms with Crippen molar-refractivity contribution < 1.29 is 0 Å². The third-order valence-corrected chi connectivity index (χ3v) is 8.01. The van der Waals surface area contributed by atoms with Gasteiger partial charge in [0.1, 0.15) is 11.8 Å².